The molecule has 0 saturated heterocycles. The predicted molar refractivity (Wildman–Crippen MR) is 51.5 cm³/mol. The largest absolute Gasteiger partial charge is 0.480 e. The number of aliphatic carboxylic acids is 1. The minimum atomic E-state index is -0.855. The van der Waals surface area contributed by atoms with Gasteiger partial charge in [0.2, 0.25) is 0 Å². The number of rotatable bonds is 3. The number of hydrogen-bond donors (Lipinski definition) is 2. The molecular formula is C7H8BrNO2S. The standard InChI is InChI=1S/C7H8BrNO2S/c1-9-6(7(10)11)5-2-4(8)3-12-5/h2-3,6,9H,1H3,(H,10,11)/t6-/m1/s1. The van der Waals surface area contributed by atoms with Crippen molar-refractivity contribution < 1.29 is 9.90 Å². The minimum absolute atomic E-state index is 0.596. The van der Waals surface area contributed by atoms with E-state index >= 15 is 0 Å². The van der Waals surface area contributed by atoms with Crippen LogP contribution in [0, 0.1) is 0 Å². The first kappa shape index (κ1) is 9.70. The van der Waals surface area contributed by atoms with Crippen molar-refractivity contribution in [1.82, 2.24) is 5.32 Å². The molecule has 66 valence electrons. The number of thiophene rings is 1. The van der Waals surface area contributed by atoms with E-state index in [-0.39, 0.29) is 0 Å². The summed E-state index contributed by atoms with van der Waals surface area (Å²) in [7, 11) is 1.63. The summed E-state index contributed by atoms with van der Waals surface area (Å²) in [6, 6.07) is 1.21. The fourth-order valence-corrected chi connectivity index (χ4v) is 2.41. The summed E-state index contributed by atoms with van der Waals surface area (Å²) in [6.45, 7) is 0. The van der Waals surface area contributed by atoms with Crippen molar-refractivity contribution in [1.29, 1.82) is 0 Å². The van der Waals surface area contributed by atoms with E-state index in [1.807, 2.05) is 5.38 Å². The molecule has 0 bridgehead atoms. The van der Waals surface area contributed by atoms with E-state index < -0.39 is 12.0 Å². The van der Waals surface area contributed by atoms with Gasteiger partial charge in [0.15, 0.2) is 0 Å². The van der Waals surface area contributed by atoms with Gasteiger partial charge in [-0.1, -0.05) is 0 Å². The monoisotopic (exact) mass is 249 g/mol. The Kier molecular flexibility index (Phi) is 3.25. The molecule has 1 aromatic rings. The van der Waals surface area contributed by atoms with Crippen molar-refractivity contribution in [2.45, 2.75) is 6.04 Å². The normalized spacial score (nSPS) is 12.8. The van der Waals surface area contributed by atoms with Crippen LogP contribution in [-0.4, -0.2) is 18.1 Å². The lowest BCUT2D eigenvalue weighted by atomic mass is 10.2. The van der Waals surface area contributed by atoms with Crippen molar-refractivity contribution in [3.05, 3.63) is 20.8 Å². The zero-order valence-electron chi connectivity index (χ0n) is 6.37. The third kappa shape index (κ3) is 2.06. The van der Waals surface area contributed by atoms with E-state index in [0.29, 0.717) is 0 Å². The maximum Gasteiger partial charge on any atom is 0.326 e. The van der Waals surface area contributed by atoms with Crippen LogP contribution >= 0.6 is 27.3 Å². The summed E-state index contributed by atoms with van der Waals surface area (Å²) in [5.41, 5.74) is 0. The van der Waals surface area contributed by atoms with Crippen LogP contribution in [0.3, 0.4) is 0 Å². The van der Waals surface area contributed by atoms with Crippen LogP contribution in [0.2, 0.25) is 0 Å². The topological polar surface area (TPSA) is 49.3 Å². The Balaban J connectivity index is 2.87. The molecule has 12 heavy (non-hydrogen) atoms. The van der Waals surface area contributed by atoms with Crippen LogP contribution in [0.4, 0.5) is 0 Å². The average molecular weight is 250 g/mol. The smallest absolute Gasteiger partial charge is 0.326 e. The van der Waals surface area contributed by atoms with Crippen LogP contribution < -0.4 is 5.32 Å². The predicted octanol–water partition coefficient (Wildman–Crippen LogP) is 1.86. The number of carbonyl (C=O) groups is 1. The zero-order chi connectivity index (χ0) is 9.14. The molecule has 0 aliphatic rings. The molecule has 1 heterocycles. The maximum atomic E-state index is 10.7. The van der Waals surface area contributed by atoms with Gasteiger partial charge in [0.1, 0.15) is 6.04 Å². The van der Waals surface area contributed by atoms with E-state index in [1.54, 1.807) is 13.1 Å². The number of nitrogens with one attached hydrogen (secondary N) is 1. The molecule has 0 aliphatic heterocycles. The fraction of sp³-hybridized carbons (Fsp3) is 0.286. The second-order valence-corrected chi connectivity index (χ2v) is 4.09. The summed E-state index contributed by atoms with van der Waals surface area (Å²) in [4.78, 5) is 11.5. The SMILES string of the molecule is CN[C@@H](C(=O)O)c1cc(Br)cs1. The first-order chi connectivity index (χ1) is 5.65. The summed E-state index contributed by atoms with van der Waals surface area (Å²) >= 11 is 4.69. The number of carboxylic acids is 1. The van der Waals surface area contributed by atoms with Gasteiger partial charge >= 0.3 is 5.97 Å². The van der Waals surface area contributed by atoms with E-state index in [0.717, 1.165) is 9.35 Å². The molecule has 3 nitrogen and oxygen atoms in total. The van der Waals surface area contributed by atoms with Crippen molar-refractivity contribution in [2.24, 2.45) is 0 Å². The molecule has 0 aliphatic carbocycles. The molecule has 0 fully saturated rings. The molecule has 0 aromatic carbocycles. The summed E-state index contributed by atoms with van der Waals surface area (Å²) in [6.07, 6.45) is 0. The lowest BCUT2D eigenvalue weighted by Gasteiger charge is -2.07. The Bertz CT molecular complexity index is 287. The Morgan fingerprint density at radius 3 is 2.83 bits per heavy atom. The summed E-state index contributed by atoms with van der Waals surface area (Å²) < 4.78 is 0.920. The Morgan fingerprint density at radius 2 is 2.50 bits per heavy atom. The molecule has 1 rings (SSSR count). The molecular weight excluding hydrogens is 242 g/mol. The van der Waals surface area contributed by atoms with Crippen LogP contribution in [0.5, 0.6) is 0 Å². The van der Waals surface area contributed by atoms with Gasteiger partial charge in [0, 0.05) is 14.7 Å². The van der Waals surface area contributed by atoms with Gasteiger partial charge in [-0.05, 0) is 29.0 Å². The average Bonchev–Trinajstić information content (AvgIpc) is 2.37. The number of carboxylic acid groups (broad SMARTS) is 1. The Hall–Kier alpha value is -0.390. The van der Waals surface area contributed by atoms with E-state index in [4.69, 9.17) is 5.11 Å². The fourth-order valence-electron chi connectivity index (χ4n) is 0.867. The van der Waals surface area contributed by atoms with Gasteiger partial charge in [-0.2, -0.15) is 0 Å². The molecule has 5 heteroatoms. The Labute approximate surface area is 82.5 Å². The molecule has 0 amide bonds. The summed E-state index contributed by atoms with van der Waals surface area (Å²) in [5, 5.41) is 13.3. The van der Waals surface area contributed by atoms with Crippen molar-refractivity contribution in [2.75, 3.05) is 7.05 Å². The second kappa shape index (κ2) is 4.02. The zero-order valence-corrected chi connectivity index (χ0v) is 8.78. The highest BCUT2D eigenvalue weighted by Crippen LogP contribution is 2.25. The highest BCUT2D eigenvalue weighted by atomic mass is 79.9. The number of hydrogen-bond acceptors (Lipinski definition) is 3. The third-order valence-electron chi connectivity index (χ3n) is 1.41. The molecule has 0 saturated carbocycles. The van der Waals surface area contributed by atoms with Crippen LogP contribution in [0.15, 0.2) is 15.9 Å². The third-order valence-corrected chi connectivity index (χ3v) is 3.17. The number of likely N-dealkylation sites (N-methyl/N-ethyl adjacent to an activating group) is 1. The van der Waals surface area contributed by atoms with Gasteiger partial charge < -0.3 is 10.4 Å². The highest BCUT2D eigenvalue weighted by Gasteiger charge is 2.18. The molecule has 2 N–H and O–H groups in total. The van der Waals surface area contributed by atoms with E-state index in [2.05, 4.69) is 21.2 Å². The lowest BCUT2D eigenvalue weighted by molar-refractivity contribution is -0.139. The molecule has 0 spiro atoms. The van der Waals surface area contributed by atoms with Crippen molar-refractivity contribution >= 4 is 33.2 Å². The van der Waals surface area contributed by atoms with Gasteiger partial charge in [-0.3, -0.25) is 4.79 Å². The van der Waals surface area contributed by atoms with Crippen LogP contribution in [-0.2, 0) is 4.79 Å². The Morgan fingerprint density at radius 1 is 1.83 bits per heavy atom. The van der Waals surface area contributed by atoms with Gasteiger partial charge in [-0.15, -0.1) is 11.3 Å². The lowest BCUT2D eigenvalue weighted by Crippen LogP contribution is -2.23. The van der Waals surface area contributed by atoms with Crippen LogP contribution in [0.25, 0.3) is 0 Å². The van der Waals surface area contributed by atoms with E-state index in [1.165, 1.54) is 11.3 Å². The second-order valence-electron chi connectivity index (χ2n) is 2.23. The molecule has 1 aromatic heterocycles. The van der Waals surface area contributed by atoms with Crippen molar-refractivity contribution in [3.8, 4) is 0 Å². The van der Waals surface area contributed by atoms with Gasteiger partial charge in [0.25, 0.3) is 0 Å². The number of halogens is 1. The van der Waals surface area contributed by atoms with Gasteiger partial charge in [0.05, 0.1) is 0 Å². The maximum absolute atomic E-state index is 10.7. The van der Waals surface area contributed by atoms with Gasteiger partial charge in [-0.25, -0.2) is 0 Å². The summed E-state index contributed by atoms with van der Waals surface area (Å²) in [5.74, 6) is -0.855. The highest BCUT2D eigenvalue weighted by molar-refractivity contribution is 9.10. The van der Waals surface area contributed by atoms with Crippen molar-refractivity contribution in [3.63, 3.8) is 0 Å². The van der Waals surface area contributed by atoms with Crippen LogP contribution in [0.1, 0.15) is 10.9 Å². The molecule has 0 radical (unpaired) electrons. The molecule has 0 unspecified atom stereocenters. The quantitative estimate of drug-likeness (QED) is 0.860. The molecule has 1 atom stereocenters. The first-order valence-corrected chi connectivity index (χ1v) is 4.96. The van der Waals surface area contributed by atoms with E-state index in [9.17, 15) is 4.79 Å². The first-order valence-electron chi connectivity index (χ1n) is 3.29. The minimum Gasteiger partial charge on any atom is -0.480 e.